The molecule has 0 amide bonds. The van der Waals surface area contributed by atoms with Crippen LogP contribution in [0.2, 0.25) is 0 Å². The van der Waals surface area contributed by atoms with Crippen LogP contribution < -0.4 is 5.73 Å². The van der Waals surface area contributed by atoms with Crippen molar-refractivity contribution in [2.75, 3.05) is 0 Å². The SMILES string of the molecule is C=C(CCC/C=C\C/C=C\C/C=C\C/C=C\C/C=C\CC)C[C@H](C)CC(=C)CC(C)N. The van der Waals surface area contributed by atoms with Crippen molar-refractivity contribution in [1.82, 2.24) is 0 Å². The van der Waals surface area contributed by atoms with Gasteiger partial charge in [0.2, 0.25) is 0 Å². The Labute approximate surface area is 194 Å². The van der Waals surface area contributed by atoms with E-state index >= 15 is 0 Å². The van der Waals surface area contributed by atoms with E-state index in [0.717, 1.165) is 64.2 Å². The fourth-order valence-electron chi connectivity index (χ4n) is 3.54. The van der Waals surface area contributed by atoms with Gasteiger partial charge in [-0.3, -0.25) is 0 Å². The van der Waals surface area contributed by atoms with Crippen molar-refractivity contribution < 1.29 is 0 Å². The highest BCUT2D eigenvalue weighted by Gasteiger charge is 2.08. The Morgan fingerprint density at radius 1 is 0.677 bits per heavy atom. The van der Waals surface area contributed by atoms with Crippen LogP contribution in [0.3, 0.4) is 0 Å². The van der Waals surface area contributed by atoms with Gasteiger partial charge in [0.15, 0.2) is 0 Å². The van der Waals surface area contributed by atoms with Crippen LogP contribution in [-0.4, -0.2) is 6.04 Å². The molecule has 1 unspecified atom stereocenters. The minimum Gasteiger partial charge on any atom is -0.328 e. The summed E-state index contributed by atoms with van der Waals surface area (Å²) in [6, 6.07) is 0.214. The molecule has 2 N–H and O–H groups in total. The van der Waals surface area contributed by atoms with Crippen LogP contribution in [0.25, 0.3) is 0 Å². The Hall–Kier alpha value is -1.86. The average Bonchev–Trinajstić information content (AvgIpc) is 2.69. The van der Waals surface area contributed by atoms with Crippen LogP contribution in [0.4, 0.5) is 0 Å². The molecule has 0 heterocycles. The summed E-state index contributed by atoms with van der Waals surface area (Å²) in [4.78, 5) is 0. The summed E-state index contributed by atoms with van der Waals surface area (Å²) in [5.41, 5.74) is 8.49. The Balaban J connectivity index is 3.69. The van der Waals surface area contributed by atoms with Gasteiger partial charge in [-0.15, -0.1) is 0 Å². The molecule has 0 aromatic heterocycles. The maximum atomic E-state index is 5.85. The van der Waals surface area contributed by atoms with Crippen LogP contribution in [0.15, 0.2) is 85.1 Å². The third kappa shape index (κ3) is 22.6. The zero-order chi connectivity index (χ0) is 23.2. The van der Waals surface area contributed by atoms with Crippen LogP contribution >= 0.6 is 0 Å². The number of nitrogens with two attached hydrogens (primary N) is 1. The predicted octanol–water partition coefficient (Wildman–Crippen LogP) is 9.17. The highest BCUT2D eigenvalue weighted by Crippen LogP contribution is 2.22. The fraction of sp³-hybridized carbons (Fsp3) is 0.533. The van der Waals surface area contributed by atoms with Gasteiger partial charge in [-0.2, -0.15) is 0 Å². The maximum Gasteiger partial charge on any atom is 0.00475 e. The lowest BCUT2D eigenvalue weighted by molar-refractivity contribution is 0.540. The van der Waals surface area contributed by atoms with Crippen LogP contribution in [0.1, 0.15) is 91.4 Å². The van der Waals surface area contributed by atoms with Crippen molar-refractivity contribution >= 4 is 0 Å². The molecule has 2 atom stereocenters. The van der Waals surface area contributed by atoms with Gasteiger partial charge in [-0.1, -0.05) is 98.9 Å². The molecule has 1 heteroatoms. The molecule has 0 spiro atoms. The quantitative estimate of drug-likeness (QED) is 0.163. The molecule has 0 radical (unpaired) electrons. The van der Waals surface area contributed by atoms with Gasteiger partial charge in [0.05, 0.1) is 0 Å². The minimum atomic E-state index is 0.214. The average molecular weight is 424 g/mol. The molecule has 0 bridgehead atoms. The molecule has 31 heavy (non-hydrogen) atoms. The van der Waals surface area contributed by atoms with E-state index in [4.69, 9.17) is 5.73 Å². The van der Waals surface area contributed by atoms with Crippen LogP contribution in [0, 0.1) is 5.92 Å². The molecule has 0 aliphatic rings. The van der Waals surface area contributed by atoms with E-state index in [1.54, 1.807) is 0 Å². The Kier molecular flexibility index (Phi) is 20.1. The van der Waals surface area contributed by atoms with Gasteiger partial charge < -0.3 is 5.73 Å². The van der Waals surface area contributed by atoms with Crippen LogP contribution in [-0.2, 0) is 0 Å². The number of unbranched alkanes of at least 4 members (excludes halogenated alkanes) is 1. The maximum absolute atomic E-state index is 5.85. The highest BCUT2D eigenvalue weighted by atomic mass is 14.6. The monoisotopic (exact) mass is 423 g/mol. The third-order valence-electron chi connectivity index (χ3n) is 4.94. The second-order valence-electron chi connectivity index (χ2n) is 8.80. The molecule has 0 aliphatic carbocycles. The Bertz CT molecular complexity index is 598. The van der Waals surface area contributed by atoms with Crippen molar-refractivity contribution in [3.05, 3.63) is 85.1 Å². The zero-order valence-corrected chi connectivity index (χ0v) is 20.7. The topological polar surface area (TPSA) is 26.0 Å². The predicted molar refractivity (Wildman–Crippen MR) is 143 cm³/mol. The highest BCUT2D eigenvalue weighted by molar-refractivity contribution is 5.03. The van der Waals surface area contributed by atoms with E-state index in [1.165, 1.54) is 17.6 Å². The van der Waals surface area contributed by atoms with E-state index in [0.29, 0.717) is 5.92 Å². The smallest absolute Gasteiger partial charge is 0.00475 e. The normalized spacial score (nSPS) is 14.6. The molecule has 0 aliphatic heterocycles. The number of hydrogen-bond donors (Lipinski definition) is 1. The summed E-state index contributed by atoms with van der Waals surface area (Å²) in [5.74, 6) is 0.618. The number of hydrogen-bond acceptors (Lipinski definition) is 1. The fourth-order valence-corrected chi connectivity index (χ4v) is 3.54. The lowest BCUT2D eigenvalue weighted by Crippen LogP contribution is -2.15. The van der Waals surface area contributed by atoms with Gasteiger partial charge in [0.1, 0.15) is 0 Å². The minimum absolute atomic E-state index is 0.214. The van der Waals surface area contributed by atoms with Crippen molar-refractivity contribution in [2.45, 2.75) is 97.4 Å². The van der Waals surface area contributed by atoms with Crippen molar-refractivity contribution in [3.63, 3.8) is 0 Å². The number of rotatable bonds is 19. The molecule has 174 valence electrons. The molecule has 0 saturated carbocycles. The van der Waals surface area contributed by atoms with Gasteiger partial charge in [-0.25, -0.2) is 0 Å². The third-order valence-corrected chi connectivity index (χ3v) is 4.94. The largest absolute Gasteiger partial charge is 0.328 e. The molecule has 0 aromatic rings. The number of allylic oxidation sites excluding steroid dienone is 11. The summed E-state index contributed by atoms with van der Waals surface area (Å²) in [6.45, 7) is 14.9. The summed E-state index contributed by atoms with van der Waals surface area (Å²) in [6.07, 6.45) is 34.2. The van der Waals surface area contributed by atoms with Crippen molar-refractivity contribution in [3.8, 4) is 0 Å². The second-order valence-corrected chi connectivity index (χ2v) is 8.80. The molecule has 0 rings (SSSR count). The van der Waals surface area contributed by atoms with Gasteiger partial charge in [0.25, 0.3) is 0 Å². The first-order chi connectivity index (χ1) is 15.0. The second kappa shape index (κ2) is 21.4. The van der Waals surface area contributed by atoms with E-state index in [1.807, 2.05) is 6.92 Å². The molecule has 1 nitrogen and oxygen atoms in total. The van der Waals surface area contributed by atoms with Crippen molar-refractivity contribution in [2.24, 2.45) is 11.7 Å². The molecule has 0 saturated heterocycles. The summed E-state index contributed by atoms with van der Waals surface area (Å²) < 4.78 is 0. The first-order valence-electron chi connectivity index (χ1n) is 12.3. The molecular weight excluding hydrogens is 374 g/mol. The van der Waals surface area contributed by atoms with Gasteiger partial charge >= 0.3 is 0 Å². The van der Waals surface area contributed by atoms with E-state index in [-0.39, 0.29) is 6.04 Å². The van der Waals surface area contributed by atoms with Gasteiger partial charge in [0, 0.05) is 6.04 Å². The Morgan fingerprint density at radius 3 is 1.61 bits per heavy atom. The molecule has 0 fully saturated rings. The summed E-state index contributed by atoms with van der Waals surface area (Å²) in [7, 11) is 0. The molecular formula is C30H49N. The Morgan fingerprint density at radius 2 is 1.13 bits per heavy atom. The van der Waals surface area contributed by atoms with Crippen LogP contribution in [0.5, 0.6) is 0 Å². The lowest BCUT2D eigenvalue weighted by Gasteiger charge is -2.16. The zero-order valence-electron chi connectivity index (χ0n) is 20.7. The van der Waals surface area contributed by atoms with E-state index in [2.05, 4.69) is 87.8 Å². The summed E-state index contributed by atoms with van der Waals surface area (Å²) >= 11 is 0. The standard InChI is InChI=1S/C30H49N/c1-6-7-8-9-10-11-12-13-14-15-16-17-18-19-20-21-22-23-27(2)24-28(3)25-29(4)26-30(5)31/h7-8,10-11,13-14,16-17,19-20,28,30H,2,4,6,9,12,15,18,21-26,31H2,1,3,5H3/b8-7-,11-10-,14-13-,17-16-,20-19-/t28-,30?/m0/s1. The first-order valence-corrected chi connectivity index (χ1v) is 12.3. The van der Waals surface area contributed by atoms with E-state index in [9.17, 15) is 0 Å². The lowest BCUT2D eigenvalue weighted by atomic mass is 9.91. The van der Waals surface area contributed by atoms with Crippen molar-refractivity contribution in [1.29, 1.82) is 0 Å². The summed E-state index contributed by atoms with van der Waals surface area (Å²) in [5, 5.41) is 0. The first kappa shape index (κ1) is 29.1. The molecule has 0 aromatic carbocycles. The van der Waals surface area contributed by atoms with Gasteiger partial charge in [-0.05, 0) is 83.5 Å². The van der Waals surface area contributed by atoms with E-state index < -0.39 is 0 Å².